The summed E-state index contributed by atoms with van der Waals surface area (Å²) in [5.41, 5.74) is 0.254. The molecule has 2 bridgehead atoms. The highest BCUT2D eigenvalue weighted by molar-refractivity contribution is 6.05. The van der Waals surface area contributed by atoms with Gasteiger partial charge < -0.3 is 0 Å². The van der Waals surface area contributed by atoms with Gasteiger partial charge in [-0.1, -0.05) is 0 Å². The van der Waals surface area contributed by atoms with Gasteiger partial charge in [0.25, 0.3) is 5.56 Å². The van der Waals surface area contributed by atoms with Gasteiger partial charge in [0.15, 0.2) is 5.78 Å². The Morgan fingerprint density at radius 2 is 1.95 bits per heavy atom. The molecule has 0 amide bonds. The van der Waals surface area contributed by atoms with Gasteiger partial charge in [0, 0.05) is 18.0 Å². The molecule has 3 aliphatic carbocycles. The normalized spacial score (nSPS) is 29.1. The summed E-state index contributed by atoms with van der Waals surface area (Å²) in [7, 11) is 1.69. The van der Waals surface area contributed by atoms with Crippen LogP contribution in [0, 0.1) is 6.92 Å². The Kier molecular flexibility index (Phi) is 2.37. The van der Waals surface area contributed by atoms with E-state index < -0.39 is 5.67 Å². The van der Waals surface area contributed by atoms with Crippen molar-refractivity contribution in [2.24, 2.45) is 7.05 Å². The number of hydrogen-bond donors (Lipinski definition) is 0. The van der Waals surface area contributed by atoms with E-state index in [2.05, 4.69) is 4.98 Å². The van der Waals surface area contributed by atoms with Gasteiger partial charge in [-0.2, -0.15) is 0 Å². The summed E-state index contributed by atoms with van der Waals surface area (Å²) in [5.74, 6) is 0.510. The highest BCUT2D eigenvalue weighted by Gasteiger charge is 2.71. The van der Waals surface area contributed by atoms with Crippen LogP contribution in [0.15, 0.2) is 16.9 Å². The summed E-state index contributed by atoms with van der Waals surface area (Å²) in [5, 5.41) is 0.456. The monoisotopic (exact) mass is 300 g/mol. The number of Topliss-reactive ketones (excluding diaryl/α,β-unsaturated/α-hetero) is 1. The Morgan fingerprint density at radius 3 is 2.50 bits per heavy atom. The van der Waals surface area contributed by atoms with Crippen molar-refractivity contribution in [2.75, 3.05) is 0 Å². The highest BCUT2D eigenvalue weighted by atomic mass is 19.1. The maximum absolute atomic E-state index is 13.8. The molecule has 2 aromatic rings. The van der Waals surface area contributed by atoms with Gasteiger partial charge in [0.05, 0.1) is 10.9 Å². The van der Waals surface area contributed by atoms with Crippen molar-refractivity contribution in [3.8, 4) is 0 Å². The Morgan fingerprint density at radius 1 is 1.32 bits per heavy atom. The van der Waals surface area contributed by atoms with Crippen LogP contribution in [0.4, 0.5) is 4.39 Å². The van der Waals surface area contributed by atoms with Crippen LogP contribution in [-0.4, -0.2) is 21.0 Å². The first-order chi connectivity index (χ1) is 10.2. The molecule has 3 fully saturated rings. The summed E-state index contributed by atoms with van der Waals surface area (Å²) in [4.78, 5) is 29.2. The number of hydrogen-bond acceptors (Lipinski definition) is 3. The summed E-state index contributed by atoms with van der Waals surface area (Å²) < 4.78 is 15.4. The molecular formula is C17H17FN2O2. The number of carbonyl (C=O) groups is 1. The average molecular weight is 300 g/mol. The molecule has 5 rings (SSSR count). The van der Waals surface area contributed by atoms with Gasteiger partial charge >= 0.3 is 0 Å². The van der Waals surface area contributed by atoms with Crippen LogP contribution in [-0.2, 0) is 12.5 Å². The zero-order valence-corrected chi connectivity index (χ0v) is 12.9. The van der Waals surface area contributed by atoms with Crippen LogP contribution in [0.3, 0.4) is 0 Å². The fourth-order valence-corrected chi connectivity index (χ4v) is 4.16. The number of nitrogens with zero attached hydrogens (tertiary/aromatic N) is 2. The largest absolute Gasteiger partial charge is 0.299 e. The van der Waals surface area contributed by atoms with Crippen molar-refractivity contribution in [1.29, 1.82) is 0 Å². The number of fused-ring (bicyclic) bond motifs is 1. The van der Waals surface area contributed by atoms with Crippen LogP contribution in [0.1, 0.15) is 47.9 Å². The van der Waals surface area contributed by atoms with Gasteiger partial charge in [0.2, 0.25) is 0 Å². The Labute approximate surface area is 127 Å². The molecule has 3 aliphatic rings. The molecule has 0 atom stereocenters. The molecule has 1 aromatic heterocycles. The molecule has 5 heteroatoms. The van der Waals surface area contributed by atoms with Gasteiger partial charge in [-0.3, -0.25) is 14.2 Å². The fourth-order valence-electron chi connectivity index (χ4n) is 4.16. The molecule has 0 unspecified atom stereocenters. The van der Waals surface area contributed by atoms with Crippen LogP contribution in [0.5, 0.6) is 0 Å². The molecular weight excluding hydrogens is 283 g/mol. The van der Waals surface area contributed by atoms with E-state index in [1.165, 1.54) is 11.5 Å². The second-order valence-corrected chi connectivity index (χ2v) is 7.03. The number of carbonyl (C=O) groups excluding carboxylic acids is 1. The van der Waals surface area contributed by atoms with Gasteiger partial charge in [-0.25, -0.2) is 9.37 Å². The number of aryl methyl sites for hydroxylation is 1. The lowest BCUT2D eigenvalue weighted by Crippen LogP contribution is -2.68. The lowest BCUT2D eigenvalue weighted by Gasteiger charge is -2.65. The molecule has 0 saturated heterocycles. The van der Waals surface area contributed by atoms with Crippen molar-refractivity contribution < 1.29 is 9.18 Å². The maximum Gasteiger partial charge on any atom is 0.261 e. The topological polar surface area (TPSA) is 52.0 Å². The smallest absolute Gasteiger partial charge is 0.261 e. The van der Waals surface area contributed by atoms with Crippen LogP contribution < -0.4 is 5.56 Å². The van der Waals surface area contributed by atoms with E-state index in [4.69, 9.17) is 0 Å². The van der Waals surface area contributed by atoms with Gasteiger partial charge in [0.1, 0.15) is 11.5 Å². The predicted molar refractivity (Wildman–Crippen MR) is 81.1 cm³/mol. The SMILES string of the molecule is CC(=O)c1cc(C)cc2c(=O)n(C)c(C34CC(F)(C3)C4)nc12. The first kappa shape index (κ1) is 13.6. The predicted octanol–water partition coefficient (Wildman–Crippen LogP) is 2.59. The summed E-state index contributed by atoms with van der Waals surface area (Å²) in [6, 6.07) is 3.53. The third kappa shape index (κ3) is 1.54. The molecule has 114 valence electrons. The highest BCUT2D eigenvalue weighted by Crippen LogP contribution is 2.69. The Balaban J connectivity index is 2.03. The minimum Gasteiger partial charge on any atom is -0.299 e. The summed E-state index contributed by atoms with van der Waals surface area (Å²) in [6.45, 7) is 3.33. The molecule has 0 aliphatic heterocycles. The Hall–Kier alpha value is -2.04. The molecule has 4 nitrogen and oxygen atoms in total. The molecule has 0 radical (unpaired) electrons. The third-order valence-corrected chi connectivity index (χ3v) is 5.14. The first-order valence-electron chi connectivity index (χ1n) is 7.46. The van der Waals surface area contributed by atoms with E-state index in [1.54, 1.807) is 19.2 Å². The fraction of sp³-hybridized carbons (Fsp3) is 0.471. The van der Waals surface area contributed by atoms with E-state index >= 15 is 0 Å². The first-order valence-corrected chi connectivity index (χ1v) is 7.46. The van der Waals surface area contributed by atoms with Crippen LogP contribution >= 0.6 is 0 Å². The van der Waals surface area contributed by atoms with Crippen molar-refractivity contribution in [3.05, 3.63) is 39.4 Å². The standard InChI is InChI=1S/C17H17FN2O2/c1-9-4-11(10(2)21)13-12(5-9)14(22)20(3)15(19-13)16-6-17(18,7-16)8-16/h4-5H,6-8H2,1-3H3. The molecule has 1 aromatic carbocycles. The minimum absolute atomic E-state index is 0.111. The molecule has 22 heavy (non-hydrogen) atoms. The average Bonchev–Trinajstić information content (AvgIpc) is 2.38. The lowest BCUT2D eigenvalue weighted by molar-refractivity contribution is -0.163. The molecule has 1 heterocycles. The van der Waals surface area contributed by atoms with E-state index in [-0.39, 0.29) is 16.8 Å². The zero-order valence-electron chi connectivity index (χ0n) is 12.9. The summed E-state index contributed by atoms with van der Waals surface area (Å²) >= 11 is 0. The van der Waals surface area contributed by atoms with E-state index in [0.29, 0.717) is 41.6 Å². The quantitative estimate of drug-likeness (QED) is 0.801. The maximum atomic E-state index is 13.8. The second-order valence-electron chi connectivity index (χ2n) is 7.03. The van der Waals surface area contributed by atoms with E-state index in [0.717, 1.165) is 5.56 Å². The minimum atomic E-state index is -1.05. The third-order valence-electron chi connectivity index (χ3n) is 5.14. The number of rotatable bonds is 2. The number of benzene rings is 1. The number of halogens is 1. The van der Waals surface area contributed by atoms with Crippen molar-refractivity contribution in [1.82, 2.24) is 9.55 Å². The van der Waals surface area contributed by atoms with Gasteiger partial charge in [-0.05, 0) is 50.8 Å². The van der Waals surface area contributed by atoms with Gasteiger partial charge in [-0.15, -0.1) is 0 Å². The number of ketones is 1. The van der Waals surface area contributed by atoms with Crippen molar-refractivity contribution in [3.63, 3.8) is 0 Å². The molecule has 0 N–H and O–H groups in total. The van der Waals surface area contributed by atoms with Crippen molar-refractivity contribution >= 4 is 16.7 Å². The van der Waals surface area contributed by atoms with Crippen LogP contribution in [0.2, 0.25) is 0 Å². The second kappa shape index (κ2) is 3.83. The number of aromatic nitrogens is 2. The number of alkyl halides is 1. The van der Waals surface area contributed by atoms with E-state index in [9.17, 15) is 14.0 Å². The van der Waals surface area contributed by atoms with E-state index in [1.807, 2.05) is 6.92 Å². The summed E-state index contributed by atoms with van der Waals surface area (Å²) in [6.07, 6.45) is 1.31. The zero-order chi connectivity index (χ0) is 15.9. The lowest BCUT2D eigenvalue weighted by atomic mass is 9.42. The van der Waals surface area contributed by atoms with Crippen molar-refractivity contribution in [2.45, 2.75) is 44.2 Å². The Bertz CT molecular complexity index is 893. The van der Waals surface area contributed by atoms with Crippen LogP contribution in [0.25, 0.3) is 10.9 Å². The molecule has 3 saturated carbocycles. The molecule has 0 spiro atoms.